The van der Waals surface area contributed by atoms with Crippen molar-refractivity contribution in [1.29, 1.82) is 0 Å². The summed E-state index contributed by atoms with van der Waals surface area (Å²) >= 11 is 0. The van der Waals surface area contributed by atoms with E-state index < -0.39 is 5.97 Å². The molecule has 0 spiro atoms. The van der Waals surface area contributed by atoms with Crippen molar-refractivity contribution in [3.05, 3.63) is 29.5 Å². The first kappa shape index (κ1) is 16.6. The lowest BCUT2D eigenvalue weighted by Gasteiger charge is -2.08. The van der Waals surface area contributed by atoms with E-state index in [1.807, 2.05) is 0 Å². The Bertz CT molecular complexity index is 787. The van der Waals surface area contributed by atoms with E-state index in [0.717, 1.165) is 31.7 Å². The third-order valence-corrected chi connectivity index (χ3v) is 3.43. The van der Waals surface area contributed by atoms with E-state index >= 15 is 0 Å². The molecular weight excluding hydrogens is 294 g/mol. The molecule has 1 aromatic carbocycles. The quantitative estimate of drug-likeness (QED) is 0.651. The summed E-state index contributed by atoms with van der Waals surface area (Å²) < 4.78 is 5.27. The van der Waals surface area contributed by atoms with Crippen molar-refractivity contribution < 1.29 is 19.7 Å². The molecule has 1 heterocycles. The highest BCUT2D eigenvalue weighted by molar-refractivity contribution is 5.96. The van der Waals surface area contributed by atoms with Crippen LogP contribution < -0.4 is 4.74 Å². The van der Waals surface area contributed by atoms with Crippen molar-refractivity contribution in [1.82, 2.24) is 4.98 Å². The molecule has 0 saturated carbocycles. The first-order valence-corrected chi connectivity index (χ1v) is 7.50. The van der Waals surface area contributed by atoms with Crippen LogP contribution >= 0.6 is 0 Å². The van der Waals surface area contributed by atoms with E-state index in [2.05, 4.69) is 23.7 Å². The third kappa shape index (κ3) is 3.92. The third-order valence-electron chi connectivity index (χ3n) is 3.43. The molecule has 0 saturated heterocycles. The maximum absolute atomic E-state index is 11.1. The molecule has 1 aromatic heterocycles. The number of methoxy groups -OCH3 is 1. The average molecular weight is 313 g/mol. The number of aromatic nitrogens is 1. The maximum atomic E-state index is 11.1. The number of nitrogens with zero attached hydrogens (tertiary/aromatic N) is 1. The molecule has 0 unspecified atom stereocenters. The molecule has 2 aromatic rings. The summed E-state index contributed by atoms with van der Waals surface area (Å²) in [6, 6.07) is 4.52. The van der Waals surface area contributed by atoms with Crippen LogP contribution in [0, 0.1) is 11.8 Å². The number of carboxylic acid groups (broad SMARTS) is 1. The highest BCUT2D eigenvalue weighted by atomic mass is 16.5. The summed E-state index contributed by atoms with van der Waals surface area (Å²) in [7, 11) is 1.47. The van der Waals surface area contributed by atoms with Gasteiger partial charge in [0, 0.05) is 23.4 Å². The lowest BCUT2D eigenvalue weighted by Crippen LogP contribution is -2.01. The van der Waals surface area contributed by atoms with Gasteiger partial charge in [-0.15, -0.1) is 0 Å². The number of ether oxygens (including phenoxy) is 1. The van der Waals surface area contributed by atoms with Crippen LogP contribution in [-0.2, 0) is 0 Å². The van der Waals surface area contributed by atoms with Gasteiger partial charge in [0.15, 0.2) is 5.69 Å². The Balaban J connectivity index is 2.45. The van der Waals surface area contributed by atoms with Crippen LogP contribution in [-0.4, -0.2) is 28.3 Å². The number of hydrogen-bond acceptors (Lipinski definition) is 4. The van der Waals surface area contributed by atoms with Crippen LogP contribution in [0.15, 0.2) is 18.2 Å². The van der Waals surface area contributed by atoms with Crippen molar-refractivity contribution in [3.8, 4) is 23.3 Å². The van der Waals surface area contributed by atoms with Gasteiger partial charge in [-0.2, -0.15) is 0 Å². The Hall–Kier alpha value is -2.74. The predicted molar refractivity (Wildman–Crippen MR) is 87.9 cm³/mol. The van der Waals surface area contributed by atoms with Gasteiger partial charge in [0.1, 0.15) is 17.0 Å². The summed E-state index contributed by atoms with van der Waals surface area (Å²) in [5.74, 6) is 5.18. The summed E-state index contributed by atoms with van der Waals surface area (Å²) in [5, 5.41) is 19.5. The lowest BCUT2D eigenvalue weighted by atomic mass is 10.1. The maximum Gasteiger partial charge on any atom is 0.354 e. The van der Waals surface area contributed by atoms with Gasteiger partial charge in [-0.3, -0.25) is 0 Å². The Morgan fingerprint density at radius 3 is 2.74 bits per heavy atom. The highest BCUT2D eigenvalue weighted by Crippen LogP contribution is 2.32. The van der Waals surface area contributed by atoms with Crippen LogP contribution in [0.1, 0.15) is 48.7 Å². The summed E-state index contributed by atoms with van der Waals surface area (Å²) in [4.78, 5) is 15.1. The van der Waals surface area contributed by atoms with E-state index in [-0.39, 0.29) is 11.4 Å². The number of fused-ring (bicyclic) bond motifs is 1. The highest BCUT2D eigenvalue weighted by Gasteiger charge is 2.14. The van der Waals surface area contributed by atoms with Crippen molar-refractivity contribution in [2.45, 2.75) is 32.6 Å². The molecule has 0 aliphatic heterocycles. The minimum absolute atomic E-state index is 0.152. The number of aromatic carboxylic acids is 1. The second-order valence-electron chi connectivity index (χ2n) is 5.17. The molecule has 0 bridgehead atoms. The fraction of sp³-hybridized carbons (Fsp3) is 0.333. The second-order valence-corrected chi connectivity index (χ2v) is 5.17. The topological polar surface area (TPSA) is 79.7 Å². The molecule has 0 aliphatic carbocycles. The molecular formula is C18H19NO4. The number of aromatic hydroxyl groups is 1. The van der Waals surface area contributed by atoms with Crippen molar-refractivity contribution >= 4 is 16.9 Å². The first-order valence-electron chi connectivity index (χ1n) is 7.50. The van der Waals surface area contributed by atoms with Crippen LogP contribution in [0.3, 0.4) is 0 Å². The van der Waals surface area contributed by atoms with Crippen molar-refractivity contribution in [2.24, 2.45) is 0 Å². The minimum Gasteiger partial charge on any atom is -0.507 e. The molecule has 0 atom stereocenters. The van der Waals surface area contributed by atoms with Crippen LogP contribution in [0.4, 0.5) is 0 Å². The zero-order valence-electron chi connectivity index (χ0n) is 13.2. The average Bonchev–Trinajstić information content (AvgIpc) is 2.54. The van der Waals surface area contributed by atoms with Gasteiger partial charge in [-0.1, -0.05) is 31.6 Å². The Kier molecular flexibility index (Phi) is 5.42. The van der Waals surface area contributed by atoms with E-state index in [4.69, 9.17) is 9.84 Å². The zero-order chi connectivity index (χ0) is 16.8. The Morgan fingerprint density at radius 1 is 1.30 bits per heavy atom. The molecule has 23 heavy (non-hydrogen) atoms. The molecule has 0 amide bonds. The van der Waals surface area contributed by atoms with Gasteiger partial charge < -0.3 is 14.9 Å². The van der Waals surface area contributed by atoms with Crippen LogP contribution in [0.25, 0.3) is 10.9 Å². The fourth-order valence-corrected chi connectivity index (χ4v) is 2.24. The van der Waals surface area contributed by atoms with Gasteiger partial charge in [0.2, 0.25) is 0 Å². The number of pyridine rings is 1. The monoisotopic (exact) mass is 313 g/mol. The molecule has 2 N–H and O–H groups in total. The van der Waals surface area contributed by atoms with Gasteiger partial charge in [-0.25, -0.2) is 9.78 Å². The molecule has 0 fully saturated rings. The van der Waals surface area contributed by atoms with E-state index in [1.54, 1.807) is 12.1 Å². The normalized spacial score (nSPS) is 10.2. The number of hydrogen-bond donors (Lipinski definition) is 2. The lowest BCUT2D eigenvalue weighted by molar-refractivity contribution is 0.0690. The van der Waals surface area contributed by atoms with Crippen LogP contribution in [0.5, 0.6) is 11.5 Å². The Labute approximate surface area is 134 Å². The first-order chi connectivity index (χ1) is 11.1. The molecule has 5 heteroatoms. The molecule has 5 nitrogen and oxygen atoms in total. The van der Waals surface area contributed by atoms with Gasteiger partial charge in [0.05, 0.1) is 7.11 Å². The fourth-order valence-electron chi connectivity index (χ4n) is 2.24. The number of unbranched alkanes of at least 4 members (excludes halogenated alkanes) is 3. The second kappa shape index (κ2) is 7.50. The largest absolute Gasteiger partial charge is 0.507 e. The number of carbonyl (C=O) groups is 1. The molecule has 2 rings (SSSR count). The van der Waals surface area contributed by atoms with Crippen molar-refractivity contribution in [2.75, 3.05) is 7.11 Å². The van der Waals surface area contributed by atoms with Gasteiger partial charge in [-0.05, 0) is 18.6 Å². The van der Waals surface area contributed by atoms with E-state index in [1.165, 1.54) is 7.11 Å². The smallest absolute Gasteiger partial charge is 0.354 e. The van der Waals surface area contributed by atoms with E-state index in [9.17, 15) is 9.90 Å². The predicted octanol–water partition coefficient (Wildman–Crippen LogP) is 3.58. The number of rotatable bonds is 5. The van der Waals surface area contributed by atoms with E-state index in [0.29, 0.717) is 22.2 Å². The number of carboxylic acids is 1. The molecule has 0 radical (unpaired) electrons. The standard InChI is InChI=1S/C18H19NO4/c1-3-4-5-6-7-8-12-9-13-15(20)11-14(18(21)22)19-17(13)16(10-12)23-2/h9-11H,3-6H2,1-2H3,(H,19,20)(H,21,22). The van der Waals surface area contributed by atoms with Gasteiger partial charge in [0.25, 0.3) is 0 Å². The molecule has 0 aliphatic rings. The Morgan fingerprint density at radius 2 is 2.09 bits per heavy atom. The molecule has 120 valence electrons. The zero-order valence-corrected chi connectivity index (χ0v) is 13.2. The summed E-state index contributed by atoms with van der Waals surface area (Å²) in [5.41, 5.74) is 0.777. The van der Waals surface area contributed by atoms with Crippen LogP contribution in [0.2, 0.25) is 0 Å². The SMILES string of the molecule is CCCCCC#Cc1cc(OC)c2nc(C(=O)O)cc(O)c2c1. The van der Waals surface area contributed by atoms with Crippen molar-refractivity contribution in [3.63, 3.8) is 0 Å². The summed E-state index contributed by atoms with van der Waals surface area (Å²) in [6.45, 7) is 2.14. The van der Waals surface area contributed by atoms with Gasteiger partial charge >= 0.3 is 5.97 Å². The number of benzene rings is 1. The minimum atomic E-state index is -1.20. The summed E-state index contributed by atoms with van der Waals surface area (Å²) in [6.07, 6.45) is 4.18.